The van der Waals surface area contributed by atoms with Crippen LogP contribution in [-0.4, -0.2) is 67.8 Å². The Hall–Kier alpha value is -0.510. The average Bonchev–Trinajstić information content (AvgIpc) is 2.76. The van der Waals surface area contributed by atoms with Crippen LogP contribution in [0.4, 0.5) is 0 Å². The van der Waals surface area contributed by atoms with Gasteiger partial charge in [-0.25, -0.2) is 0 Å². The largest absolute Gasteiger partial charge is 0.381 e. The fraction of sp³-hybridized carbons (Fsp3) is 0.682. The number of thioether (sulfide) groups is 1. The molecule has 1 aliphatic rings. The van der Waals surface area contributed by atoms with Crippen LogP contribution < -0.4 is 10.6 Å². The normalized spacial score (nSPS) is 17.5. The number of aliphatic imine (C=N–C) groups is 1. The summed E-state index contributed by atoms with van der Waals surface area (Å²) in [5.41, 5.74) is 1.35. The first kappa shape index (κ1) is 26.5. The molecule has 1 heterocycles. The molecule has 1 atom stereocenters. The predicted octanol–water partition coefficient (Wildman–Crippen LogP) is 4.15. The molecule has 1 fully saturated rings. The minimum atomic E-state index is 0. The molecule has 2 N–H and O–H groups in total. The summed E-state index contributed by atoms with van der Waals surface area (Å²) in [6.45, 7) is 12.9. The Labute approximate surface area is 198 Å². The summed E-state index contributed by atoms with van der Waals surface area (Å²) in [4.78, 5) is 7.45. The lowest BCUT2D eigenvalue weighted by Crippen LogP contribution is -2.44. The molecule has 7 heteroatoms. The van der Waals surface area contributed by atoms with Crippen LogP contribution in [0.15, 0.2) is 35.3 Å². The van der Waals surface area contributed by atoms with Crippen LogP contribution in [0.3, 0.4) is 0 Å². The molecular weight excluding hydrogens is 495 g/mol. The number of halogens is 1. The number of ether oxygens (including phenoxy) is 1. The number of benzene rings is 1. The number of hydrogen-bond acceptors (Lipinski definition) is 4. The smallest absolute Gasteiger partial charge is 0.191 e. The second-order valence-electron chi connectivity index (χ2n) is 7.22. The maximum Gasteiger partial charge on any atom is 0.191 e. The fourth-order valence-electron chi connectivity index (χ4n) is 3.73. The summed E-state index contributed by atoms with van der Waals surface area (Å²) in [7, 11) is 0. The van der Waals surface area contributed by atoms with E-state index in [0.717, 1.165) is 64.7 Å². The van der Waals surface area contributed by atoms with Crippen molar-refractivity contribution in [1.82, 2.24) is 15.5 Å². The molecule has 0 aromatic heterocycles. The summed E-state index contributed by atoms with van der Waals surface area (Å²) in [6.07, 6.45) is 4.35. The third-order valence-electron chi connectivity index (χ3n) is 5.61. The number of rotatable bonds is 10. The maximum absolute atomic E-state index is 5.56. The zero-order valence-corrected chi connectivity index (χ0v) is 21.6. The van der Waals surface area contributed by atoms with Gasteiger partial charge in [0.25, 0.3) is 0 Å². The maximum atomic E-state index is 5.56. The van der Waals surface area contributed by atoms with Gasteiger partial charge in [-0.15, -0.1) is 24.0 Å². The van der Waals surface area contributed by atoms with Gasteiger partial charge in [-0.2, -0.15) is 11.8 Å². The fourth-order valence-corrected chi connectivity index (χ4v) is 4.49. The van der Waals surface area contributed by atoms with Gasteiger partial charge < -0.3 is 15.4 Å². The van der Waals surface area contributed by atoms with E-state index in [1.165, 1.54) is 5.56 Å². The molecule has 166 valence electrons. The van der Waals surface area contributed by atoms with Crippen molar-refractivity contribution >= 4 is 41.7 Å². The van der Waals surface area contributed by atoms with Crippen LogP contribution in [0.1, 0.15) is 45.2 Å². The topological polar surface area (TPSA) is 48.9 Å². The third-order valence-corrected chi connectivity index (χ3v) is 7.01. The molecule has 1 unspecified atom stereocenters. The Morgan fingerprint density at radius 2 is 1.79 bits per heavy atom. The van der Waals surface area contributed by atoms with Crippen LogP contribution in [0, 0.1) is 0 Å². The van der Waals surface area contributed by atoms with E-state index in [1.807, 2.05) is 11.8 Å². The Balaban J connectivity index is 0.00000420. The monoisotopic (exact) mass is 534 g/mol. The van der Waals surface area contributed by atoms with E-state index in [4.69, 9.17) is 9.73 Å². The van der Waals surface area contributed by atoms with E-state index in [9.17, 15) is 0 Å². The Bertz CT molecular complexity index is 577. The van der Waals surface area contributed by atoms with Crippen molar-refractivity contribution in [2.24, 2.45) is 4.99 Å². The quantitative estimate of drug-likeness (QED) is 0.268. The molecule has 1 aromatic rings. The van der Waals surface area contributed by atoms with Gasteiger partial charge in [0.05, 0.1) is 12.6 Å². The SMILES string of the molecule is CCNC(=NCC1(SC)CCOCC1)NCC(c1ccccc1)N(CC)CC.I. The molecule has 29 heavy (non-hydrogen) atoms. The molecule has 0 spiro atoms. The lowest BCUT2D eigenvalue weighted by Gasteiger charge is -2.34. The van der Waals surface area contributed by atoms with Crippen molar-refractivity contribution in [2.75, 3.05) is 52.2 Å². The summed E-state index contributed by atoms with van der Waals surface area (Å²) >= 11 is 1.94. The molecule has 0 radical (unpaired) electrons. The Morgan fingerprint density at radius 1 is 1.14 bits per heavy atom. The van der Waals surface area contributed by atoms with Crippen LogP contribution in [0.2, 0.25) is 0 Å². The van der Waals surface area contributed by atoms with Crippen molar-refractivity contribution in [3.63, 3.8) is 0 Å². The average molecular weight is 535 g/mol. The zero-order valence-electron chi connectivity index (χ0n) is 18.4. The van der Waals surface area contributed by atoms with Gasteiger partial charge in [0.2, 0.25) is 0 Å². The Morgan fingerprint density at radius 3 is 2.34 bits per heavy atom. The van der Waals surface area contributed by atoms with Crippen molar-refractivity contribution in [1.29, 1.82) is 0 Å². The minimum absolute atomic E-state index is 0. The van der Waals surface area contributed by atoms with Gasteiger partial charge in [-0.3, -0.25) is 9.89 Å². The molecule has 0 bridgehead atoms. The third kappa shape index (κ3) is 8.26. The molecule has 0 amide bonds. The molecule has 1 saturated heterocycles. The summed E-state index contributed by atoms with van der Waals surface area (Å²) < 4.78 is 5.77. The molecule has 0 aliphatic carbocycles. The van der Waals surface area contributed by atoms with Gasteiger partial charge in [-0.05, 0) is 44.7 Å². The van der Waals surface area contributed by atoms with Crippen LogP contribution >= 0.6 is 35.7 Å². The van der Waals surface area contributed by atoms with E-state index < -0.39 is 0 Å². The van der Waals surface area contributed by atoms with E-state index in [1.54, 1.807) is 0 Å². The highest BCUT2D eigenvalue weighted by atomic mass is 127. The van der Waals surface area contributed by atoms with Crippen molar-refractivity contribution in [3.8, 4) is 0 Å². The number of hydrogen-bond donors (Lipinski definition) is 2. The first-order valence-electron chi connectivity index (χ1n) is 10.6. The lowest BCUT2D eigenvalue weighted by molar-refractivity contribution is 0.0794. The molecule has 0 saturated carbocycles. The van der Waals surface area contributed by atoms with Crippen LogP contribution in [0.5, 0.6) is 0 Å². The van der Waals surface area contributed by atoms with Gasteiger partial charge in [0, 0.05) is 31.1 Å². The van der Waals surface area contributed by atoms with E-state index in [-0.39, 0.29) is 28.7 Å². The van der Waals surface area contributed by atoms with E-state index in [0.29, 0.717) is 6.04 Å². The molecular formula is C22H39IN4OS. The Kier molecular flexibility index (Phi) is 13.3. The standard InChI is InChI=1S/C22H38N4OS.HI/c1-5-23-21(25-18-22(28-4)13-15-27-16-14-22)24-17-20(26(6-2)7-3)19-11-9-8-10-12-19;/h8-12,20H,5-7,13-18H2,1-4H3,(H2,23,24,25);1H. The summed E-state index contributed by atoms with van der Waals surface area (Å²) in [6, 6.07) is 11.1. The first-order valence-corrected chi connectivity index (χ1v) is 11.8. The number of guanidine groups is 1. The molecule has 1 aliphatic heterocycles. The predicted molar refractivity (Wildman–Crippen MR) is 138 cm³/mol. The lowest BCUT2D eigenvalue weighted by atomic mass is 9.99. The van der Waals surface area contributed by atoms with Crippen LogP contribution in [0.25, 0.3) is 0 Å². The number of likely N-dealkylation sites (N-methyl/N-ethyl adjacent to an activating group) is 1. The second-order valence-corrected chi connectivity index (χ2v) is 8.50. The van der Waals surface area contributed by atoms with Crippen LogP contribution in [-0.2, 0) is 4.74 Å². The highest BCUT2D eigenvalue weighted by molar-refractivity contribution is 14.0. The van der Waals surface area contributed by atoms with Crippen molar-refractivity contribution in [2.45, 2.75) is 44.4 Å². The van der Waals surface area contributed by atoms with Gasteiger partial charge in [0.15, 0.2) is 5.96 Å². The van der Waals surface area contributed by atoms with Gasteiger partial charge in [0.1, 0.15) is 0 Å². The number of nitrogens with zero attached hydrogens (tertiary/aromatic N) is 2. The zero-order chi connectivity index (χ0) is 20.2. The van der Waals surface area contributed by atoms with Crippen molar-refractivity contribution < 1.29 is 4.74 Å². The number of nitrogens with one attached hydrogen (secondary N) is 2. The minimum Gasteiger partial charge on any atom is -0.381 e. The highest BCUT2D eigenvalue weighted by Gasteiger charge is 2.31. The van der Waals surface area contributed by atoms with E-state index in [2.05, 4.69) is 72.9 Å². The highest BCUT2D eigenvalue weighted by Crippen LogP contribution is 2.34. The molecule has 1 aromatic carbocycles. The summed E-state index contributed by atoms with van der Waals surface area (Å²) in [5.74, 6) is 0.913. The molecule has 2 rings (SSSR count). The van der Waals surface area contributed by atoms with Crippen molar-refractivity contribution in [3.05, 3.63) is 35.9 Å². The molecule has 5 nitrogen and oxygen atoms in total. The van der Waals surface area contributed by atoms with Gasteiger partial charge >= 0.3 is 0 Å². The second kappa shape index (κ2) is 14.5. The summed E-state index contributed by atoms with van der Waals surface area (Å²) in [5, 5.41) is 7.03. The first-order chi connectivity index (χ1) is 13.7. The van der Waals surface area contributed by atoms with E-state index >= 15 is 0 Å². The van der Waals surface area contributed by atoms with Gasteiger partial charge in [-0.1, -0.05) is 44.2 Å².